The highest BCUT2D eigenvalue weighted by Gasteiger charge is 2.06. The van der Waals surface area contributed by atoms with Gasteiger partial charge in [0.2, 0.25) is 0 Å². The summed E-state index contributed by atoms with van der Waals surface area (Å²) in [7, 11) is 0. The van der Waals surface area contributed by atoms with E-state index < -0.39 is 0 Å². The lowest BCUT2D eigenvalue weighted by Gasteiger charge is -2.10. The van der Waals surface area contributed by atoms with E-state index >= 15 is 0 Å². The van der Waals surface area contributed by atoms with Crippen molar-refractivity contribution >= 4 is 0 Å². The van der Waals surface area contributed by atoms with Crippen LogP contribution in [-0.2, 0) is 0 Å². The summed E-state index contributed by atoms with van der Waals surface area (Å²) in [5.74, 6) is 1.13. The highest BCUT2D eigenvalue weighted by atomic mass is 16.5. The predicted molar refractivity (Wildman–Crippen MR) is 139 cm³/mol. The molecule has 0 amide bonds. The molecule has 1 N–H and O–H groups in total. The molecule has 0 saturated carbocycles. The Bertz CT molecular complexity index is 695. The predicted octanol–water partition coefficient (Wildman–Crippen LogP) is 9.70. The lowest BCUT2D eigenvalue weighted by molar-refractivity contribution is 0.304. The fourth-order valence-corrected chi connectivity index (χ4v) is 4.29. The van der Waals surface area contributed by atoms with Crippen molar-refractivity contribution in [3.63, 3.8) is 0 Å². The van der Waals surface area contributed by atoms with Gasteiger partial charge in [0.25, 0.3) is 0 Å². The van der Waals surface area contributed by atoms with Crippen LogP contribution in [-0.4, -0.2) is 11.7 Å². The first-order valence-electron chi connectivity index (χ1n) is 13.3. The van der Waals surface area contributed by atoms with Gasteiger partial charge >= 0.3 is 0 Å². The van der Waals surface area contributed by atoms with Crippen LogP contribution >= 0.6 is 0 Å². The molecule has 32 heavy (non-hydrogen) atoms. The number of aromatic hydroxyl groups is 1. The molecule has 0 radical (unpaired) electrons. The zero-order valence-corrected chi connectivity index (χ0v) is 20.5. The van der Waals surface area contributed by atoms with Gasteiger partial charge in [0, 0.05) is 5.56 Å². The van der Waals surface area contributed by atoms with Crippen molar-refractivity contribution in [1.29, 1.82) is 0 Å². The Labute approximate surface area is 197 Å². The van der Waals surface area contributed by atoms with Crippen molar-refractivity contribution in [2.75, 3.05) is 6.61 Å². The van der Waals surface area contributed by atoms with Crippen molar-refractivity contribution in [2.45, 2.75) is 110 Å². The molecule has 0 aliphatic carbocycles. The van der Waals surface area contributed by atoms with Crippen molar-refractivity contribution in [1.82, 2.24) is 0 Å². The van der Waals surface area contributed by atoms with Crippen LogP contribution in [0, 0.1) is 0 Å². The van der Waals surface area contributed by atoms with Crippen LogP contribution in [0.4, 0.5) is 0 Å². The number of hydrogen-bond acceptors (Lipinski definition) is 2. The van der Waals surface area contributed by atoms with Crippen LogP contribution in [0.15, 0.2) is 48.5 Å². The molecule has 0 aromatic heterocycles. The average Bonchev–Trinajstić information content (AvgIpc) is 2.82. The smallest absolute Gasteiger partial charge is 0.123 e. The highest BCUT2D eigenvalue weighted by Crippen LogP contribution is 2.32. The van der Waals surface area contributed by atoms with Gasteiger partial charge in [0.1, 0.15) is 11.5 Å². The van der Waals surface area contributed by atoms with E-state index in [1.54, 1.807) is 6.07 Å². The summed E-state index contributed by atoms with van der Waals surface area (Å²) in [6, 6.07) is 15.5. The number of phenolic OH excluding ortho intramolecular Hbond substituents is 1. The first-order chi connectivity index (χ1) is 15.8. The van der Waals surface area contributed by atoms with Crippen molar-refractivity contribution in [2.24, 2.45) is 0 Å². The maximum atomic E-state index is 10.2. The van der Waals surface area contributed by atoms with Crippen LogP contribution in [0.2, 0.25) is 0 Å². The number of unbranched alkanes of at least 4 members (excludes halogenated alkanes) is 15. The molecule has 0 fully saturated rings. The zero-order chi connectivity index (χ0) is 22.7. The Kier molecular flexibility index (Phi) is 14.4. The molecule has 2 nitrogen and oxygen atoms in total. The number of phenols is 1. The van der Waals surface area contributed by atoms with Crippen LogP contribution in [0.5, 0.6) is 11.5 Å². The first-order valence-corrected chi connectivity index (χ1v) is 13.3. The molecule has 0 bridgehead atoms. The summed E-state index contributed by atoms with van der Waals surface area (Å²) in [5, 5.41) is 10.2. The van der Waals surface area contributed by atoms with Crippen molar-refractivity contribution in [3.05, 3.63) is 48.5 Å². The Hall–Kier alpha value is -1.96. The average molecular weight is 439 g/mol. The van der Waals surface area contributed by atoms with E-state index in [-0.39, 0.29) is 0 Å². The summed E-state index contributed by atoms with van der Waals surface area (Å²) >= 11 is 0. The second-order valence-electron chi connectivity index (χ2n) is 9.20. The van der Waals surface area contributed by atoms with Crippen molar-refractivity contribution < 1.29 is 9.84 Å². The summed E-state index contributed by atoms with van der Waals surface area (Å²) in [6.07, 6.45) is 22.1. The fraction of sp³-hybridized carbons (Fsp3) is 0.600. The quantitative estimate of drug-likeness (QED) is 0.221. The van der Waals surface area contributed by atoms with E-state index in [1.807, 2.05) is 42.5 Å². The normalized spacial score (nSPS) is 11.0. The molecule has 178 valence electrons. The Morgan fingerprint density at radius 1 is 0.594 bits per heavy atom. The van der Waals surface area contributed by atoms with Gasteiger partial charge in [0.05, 0.1) is 6.61 Å². The molecule has 2 aromatic rings. The zero-order valence-electron chi connectivity index (χ0n) is 20.5. The summed E-state index contributed by atoms with van der Waals surface area (Å²) in [5.41, 5.74) is 1.84. The molecule has 0 unspecified atom stereocenters. The van der Waals surface area contributed by atoms with Crippen LogP contribution in [0.3, 0.4) is 0 Å². The molecule has 0 heterocycles. The molecule has 0 spiro atoms. The maximum absolute atomic E-state index is 10.2. The van der Waals surface area contributed by atoms with E-state index in [0.717, 1.165) is 29.9 Å². The molecule has 2 heteroatoms. The number of benzene rings is 2. The van der Waals surface area contributed by atoms with Gasteiger partial charge in [-0.1, -0.05) is 134 Å². The molecular weight excluding hydrogens is 392 g/mol. The third-order valence-electron chi connectivity index (χ3n) is 6.32. The van der Waals surface area contributed by atoms with Gasteiger partial charge in [-0.3, -0.25) is 0 Å². The Morgan fingerprint density at radius 2 is 1.09 bits per heavy atom. The van der Waals surface area contributed by atoms with Gasteiger partial charge in [-0.05, 0) is 30.2 Å². The summed E-state index contributed by atoms with van der Waals surface area (Å²) < 4.78 is 5.93. The van der Waals surface area contributed by atoms with Gasteiger partial charge in [-0.2, -0.15) is 0 Å². The van der Waals surface area contributed by atoms with E-state index in [2.05, 4.69) is 6.92 Å². The van der Waals surface area contributed by atoms with Gasteiger partial charge in [0.15, 0.2) is 0 Å². The SMILES string of the molecule is CCCCCCCCCCCCCCCCCCOc1ccc(O)c(-c2ccccc2)c1. The van der Waals surface area contributed by atoms with E-state index in [4.69, 9.17) is 4.74 Å². The maximum Gasteiger partial charge on any atom is 0.123 e. The van der Waals surface area contributed by atoms with Crippen LogP contribution in [0.1, 0.15) is 110 Å². The molecule has 2 rings (SSSR count). The minimum absolute atomic E-state index is 0.297. The van der Waals surface area contributed by atoms with Crippen molar-refractivity contribution in [3.8, 4) is 22.6 Å². The van der Waals surface area contributed by atoms with E-state index in [9.17, 15) is 5.11 Å². The Balaban J connectivity index is 1.41. The molecule has 0 atom stereocenters. The molecule has 0 saturated heterocycles. The van der Waals surface area contributed by atoms with Gasteiger partial charge < -0.3 is 9.84 Å². The second kappa shape index (κ2) is 17.6. The number of ether oxygens (including phenoxy) is 1. The number of rotatable bonds is 19. The highest BCUT2D eigenvalue weighted by molar-refractivity contribution is 5.71. The molecule has 0 aliphatic rings. The second-order valence-corrected chi connectivity index (χ2v) is 9.20. The number of hydrogen-bond donors (Lipinski definition) is 1. The third kappa shape index (κ3) is 11.6. The van der Waals surface area contributed by atoms with Crippen LogP contribution < -0.4 is 4.74 Å². The molecule has 0 aliphatic heterocycles. The third-order valence-corrected chi connectivity index (χ3v) is 6.32. The van der Waals surface area contributed by atoms with Gasteiger partial charge in [-0.25, -0.2) is 0 Å². The standard InChI is InChI=1S/C30H46O2/c1-2-3-4-5-6-7-8-9-10-11-12-13-14-15-16-20-25-32-28-23-24-30(31)29(26-28)27-21-18-17-19-22-27/h17-19,21-24,26,31H,2-16,20,25H2,1H3. The Morgan fingerprint density at radius 3 is 1.62 bits per heavy atom. The van der Waals surface area contributed by atoms with E-state index in [1.165, 1.54) is 96.3 Å². The summed E-state index contributed by atoms with van der Waals surface area (Å²) in [4.78, 5) is 0. The van der Waals surface area contributed by atoms with E-state index in [0.29, 0.717) is 5.75 Å². The molecule has 2 aromatic carbocycles. The first kappa shape index (κ1) is 26.3. The minimum Gasteiger partial charge on any atom is -0.507 e. The fourth-order valence-electron chi connectivity index (χ4n) is 4.29. The monoisotopic (exact) mass is 438 g/mol. The minimum atomic E-state index is 0.297. The largest absolute Gasteiger partial charge is 0.507 e. The topological polar surface area (TPSA) is 29.5 Å². The molecular formula is C30H46O2. The van der Waals surface area contributed by atoms with Crippen LogP contribution in [0.25, 0.3) is 11.1 Å². The lowest BCUT2D eigenvalue weighted by Crippen LogP contribution is -1.97. The lowest BCUT2D eigenvalue weighted by atomic mass is 10.0. The summed E-state index contributed by atoms with van der Waals surface area (Å²) in [6.45, 7) is 3.03. The van der Waals surface area contributed by atoms with Gasteiger partial charge in [-0.15, -0.1) is 0 Å².